The highest BCUT2D eigenvalue weighted by atomic mass is 32.1. The number of nitrogens with zero attached hydrogens (tertiary/aromatic N) is 3. The SMILES string of the molecule is O=C(Cn1ccccc1=O)Nc1nnc(C(F)F)s1. The topological polar surface area (TPSA) is 76.9 Å². The Bertz CT molecular complexity index is 640. The smallest absolute Gasteiger partial charge is 0.291 e. The zero-order chi connectivity index (χ0) is 13.8. The van der Waals surface area contributed by atoms with Crippen molar-refractivity contribution in [3.8, 4) is 0 Å². The van der Waals surface area contributed by atoms with Crippen LogP contribution in [-0.2, 0) is 11.3 Å². The van der Waals surface area contributed by atoms with Crippen LogP contribution in [0, 0.1) is 0 Å². The summed E-state index contributed by atoms with van der Waals surface area (Å²) in [6.07, 6.45) is -1.27. The highest BCUT2D eigenvalue weighted by Gasteiger charge is 2.15. The van der Waals surface area contributed by atoms with Crippen molar-refractivity contribution in [3.05, 3.63) is 39.8 Å². The van der Waals surface area contributed by atoms with Crippen LogP contribution in [0.15, 0.2) is 29.2 Å². The van der Waals surface area contributed by atoms with Crippen molar-refractivity contribution in [2.24, 2.45) is 0 Å². The average Bonchev–Trinajstić information content (AvgIpc) is 2.80. The van der Waals surface area contributed by atoms with Gasteiger partial charge in [0.05, 0.1) is 0 Å². The lowest BCUT2D eigenvalue weighted by molar-refractivity contribution is -0.116. The number of hydrogen-bond acceptors (Lipinski definition) is 5. The number of anilines is 1. The Balaban J connectivity index is 2.01. The van der Waals surface area contributed by atoms with E-state index in [0.717, 1.165) is 0 Å². The number of nitrogens with one attached hydrogen (secondary N) is 1. The normalized spacial score (nSPS) is 10.7. The number of carbonyl (C=O) groups excluding carboxylic acids is 1. The third-order valence-electron chi connectivity index (χ3n) is 2.09. The third kappa shape index (κ3) is 3.41. The molecule has 0 atom stereocenters. The third-order valence-corrected chi connectivity index (χ3v) is 2.93. The van der Waals surface area contributed by atoms with Crippen molar-refractivity contribution in [1.29, 1.82) is 0 Å². The first-order chi connectivity index (χ1) is 9.06. The van der Waals surface area contributed by atoms with E-state index in [-0.39, 0.29) is 17.2 Å². The molecule has 1 amide bonds. The van der Waals surface area contributed by atoms with Gasteiger partial charge in [0, 0.05) is 12.3 Å². The summed E-state index contributed by atoms with van der Waals surface area (Å²) < 4.78 is 25.7. The average molecular weight is 286 g/mol. The fourth-order valence-electron chi connectivity index (χ4n) is 1.28. The molecule has 1 N–H and O–H groups in total. The van der Waals surface area contributed by atoms with Crippen LogP contribution in [-0.4, -0.2) is 20.7 Å². The molecule has 0 fully saturated rings. The first kappa shape index (κ1) is 13.3. The van der Waals surface area contributed by atoms with Crippen LogP contribution in [0.2, 0.25) is 0 Å². The van der Waals surface area contributed by atoms with Crippen LogP contribution in [0.25, 0.3) is 0 Å². The van der Waals surface area contributed by atoms with Gasteiger partial charge in [-0.05, 0) is 6.07 Å². The maximum absolute atomic E-state index is 12.3. The van der Waals surface area contributed by atoms with Gasteiger partial charge < -0.3 is 4.57 Å². The Labute approximate surface area is 109 Å². The molecule has 0 aliphatic carbocycles. The molecule has 0 saturated carbocycles. The monoisotopic (exact) mass is 286 g/mol. The van der Waals surface area contributed by atoms with E-state index < -0.39 is 17.3 Å². The van der Waals surface area contributed by atoms with E-state index in [4.69, 9.17) is 0 Å². The summed E-state index contributed by atoms with van der Waals surface area (Å²) in [6, 6.07) is 4.47. The van der Waals surface area contributed by atoms with Crippen LogP contribution >= 0.6 is 11.3 Å². The lowest BCUT2D eigenvalue weighted by Gasteiger charge is -2.03. The minimum absolute atomic E-state index is 0.0238. The molecule has 2 aromatic heterocycles. The summed E-state index contributed by atoms with van der Waals surface area (Å²) in [7, 11) is 0. The Morgan fingerprint density at radius 2 is 2.21 bits per heavy atom. The number of aromatic nitrogens is 3. The predicted octanol–water partition coefficient (Wildman–Crippen LogP) is 1.28. The molecule has 0 aliphatic heterocycles. The molecule has 19 heavy (non-hydrogen) atoms. The van der Waals surface area contributed by atoms with Crippen molar-refractivity contribution < 1.29 is 13.6 Å². The number of halogens is 2. The number of pyridine rings is 1. The minimum atomic E-state index is -2.72. The van der Waals surface area contributed by atoms with Gasteiger partial charge in [-0.3, -0.25) is 14.9 Å². The molecule has 2 rings (SSSR count). The van der Waals surface area contributed by atoms with Crippen LogP contribution in [0.5, 0.6) is 0 Å². The molecule has 0 spiro atoms. The second-order valence-electron chi connectivity index (χ2n) is 3.46. The Morgan fingerprint density at radius 1 is 1.42 bits per heavy atom. The molecule has 100 valence electrons. The number of hydrogen-bond donors (Lipinski definition) is 1. The van der Waals surface area contributed by atoms with E-state index in [0.29, 0.717) is 11.3 Å². The maximum atomic E-state index is 12.3. The summed E-state index contributed by atoms with van der Waals surface area (Å²) in [5.41, 5.74) is -0.330. The van der Waals surface area contributed by atoms with Crippen LogP contribution < -0.4 is 10.9 Å². The first-order valence-electron chi connectivity index (χ1n) is 5.13. The van der Waals surface area contributed by atoms with Crippen molar-refractivity contribution in [2.45, 2.75) is 13.0 Å². The zero-order valence-electron chi connectivity index (χ0n) is 9.42. The Hall–Kier alpha value is -2.16. The van der Waals surface area contributed by atoms with Crippen molar-refractivity contribution in [2.75, 3.05) is 5.32 Å². The van der Waals surface area contributed by atoms with Crippen LogP contribution in [0.3, 0.4) is 0 Å². The van der Waals surface area contributed by atoms with Crippen molar-refractivity contribution in [1.82, 2.24) is 14.8 Å². The van der Waals surface area contributed by atoms with Gasteiger partial charge in [0.2, 0.25) is 11.0 Å². The summed E-state index contributed by atoms with van der Waals surface area (Å²) in [4.78, 5) is 23.0. The van der Waals surface area contributed by atoms with Gasteiger partial charge in [-0.2, -0.15) is 0 Å². The first-order valence-corrected chi connectivity index (χ1v) is 5.95. The van der Waals surface area contributed by atoms with E-state index in [1.54, 1.807) is 12.1 Å². The summed E-state index contributed by atoms with van der Waals surface area (Å²) >= 11 is 0.593. The van der Waals surface area contributed by atoms with E-state index in [1.165, 1.54) is 16.8 Å². The number of amides is 1. The van der Waals surface area contributed by atoms with E-state index in [2.05, 4.69) is 15.5 Å². The van der Waals surface area contributed by atoms with E-state index in [9.17, 15) is 18.4 Å². The molecule has 0 aromatic carbocycles. The van der Waals surface area contributed by atoms with Gasteiger partial charge in [-0.1, -0.05) is 17.4 Å². The molecular weight excluding hydrogens is 278 g/mol. The quantitative estimate of drug-likeness (QED) is 0.918. The molecular formula is C10H8F2N4O2S. The minimum Gasteiger partial charge on any atom is -0.306 e. The van der Waals surface area contributed by atoms with Gasteiger partial charge in [0.15, 0.2) is 5.01 Å². The predicted molar refractivity (Wildman–Crippen MR) is 64.2 cm³/mol. The Kier molecular flexibility index (Phi) is 3.95. The van der Waals surface area contributed by atoms with Gasteiger partial charge in [0.1, 0.15) is 6.54 Å². The number of alkyl halides is 2. The molecule has 0 saturated heterocycles. The molecule has 6 nitrogen and oxygen atoms in total. The molecule has 0 bridgehead atoms. The van der Waals surface area contributed by atoms with Crippen LogP contribution in [0.4, 0.5) is 13.9 Å². The standard InChI is InChI=1S/C10H8F2N4O2S/c11-8(12)9-14-15-10(19-9)13-6(17)5-16-4-2-1-3-7(16)18/h1-4,8H,5H2,(H,13,15,17). The molecule has 0 unspecified atom stereocenters. The second-order valence-corrected chi connectivity index (χ2v) is 4.47. The molecule has 2 heterocycles. The van der Waals surface area contributed by atoms with Crippen molar-refractivity contribution in [3.63, 3.8) is 0 Å². The maximum Gasteiger partial charge on any atom is 0.291 e. The van der Waals surface area contributed by atoms with E-state index >= 15 is 0 Å². The van der Waals surface area contributed by atoms with Crippen LogP contribution in [0.1, 0.15) is 11.4 Å². The van der Waals surface area contributed by atoms with Gasteiger partial charge in [-0.15, -0.1) is 10.2 Å². The van der Waals surface area contributed by atoms with Crippen molar-refractivity contribution >= 4 is 22.4 Å². The fourth-order valence-corrected chi connectivity index (χ4v) is 1.89. The lowest BCUT2D eigenvalue weighted by Crippen LogP contribution is -2.26. The second kappa shape index (κ2) is 5.65. The highest BCUT2D eigenvalue weighted by molar-refractivity contribution is 7.15. The fraction of sp³-hybridized carbons (Fsp3) is 0.200. The molecule has 9 heteroatoms. The summed E-state index contributed by atoms with van der Waals surface area (Å²) in [5.74, 6) is -0.537. The largest absolute Gasteiger partial charge is 0.306 e. The summed E-state index contributed by atoms with van der Waals surface area (Å²) in [6.45, 7) is -0.219. The molecule has 0 aliphatic rings. The highest BCUT2D eigenvalue weighted by Crippen LogP contribution is 2.24. The van der Waals surface area contributed by atoms with Gasteiger partial charge >= 0.3 is 0 Å². The zero-order valence-corrected chi connectivity index (χ0v) is 10.2. The molecule has 0 radical (unpaired) electrons. The van der Waals surface area contributed by atoms with Gasteiger partial charge in [0.25, 0.3) is 12.0 Å². The molecule has 2 aromatic rings. The Morgan fingerprint density at radius 3 is 2.84 bits per heavy atom. The summed E-state index contributed by atoms with van der Waals surface area (Å²) in [5, 5.41) is 8.46. The lowest BCUT2D eigenvalue weighted by atomic mass is 10.4. The number of carbonyl (C=O) groups is 1. The van der Waals surface area contributed by atoms with Gasteiger partial charge in [-0.25, -0.2) is 8.78 Å². The van der Waals surface area contributed by atoms with E-state index in [1.807, 2.05) is 0 Å². The number of rotatable bonds is 4.